The molecule has 1 N–H and O–H groups in total. The van der Waals surface area contributed by atoms with E-state index < -0.39 is 10.9 Å². The maximum absolute atomic E-state index is 11.9. The molecular formula is C18H15N3O4S. The van der Waals surface area contributed by atoms with E-state index in [0.29, 0.717) is 11.3 Å². The Kier molecular flexibility index (Phi) is 5.55. The van der Waals surface area contributed by atoms with Crippen molar-refractivity contribution in [1.29, 1.82) is 0 Å². The molecule has 0 amide bonds. The van der Waals surface area contributed by atoms with Crippen LogP contribution in [0.3, 0.4) is 0 Å². The first-order chi connectivity index (χ1) is 12.6. The molecule has 0 unspecified atom stereocenters. The van der Waals surface area contributed by atoms with E-state index in [4.69, 9.17) is 4.74 Å². The van der Waals surface area contributed by atoms with E-state index in [9.17, 15) is 14.9 Å². The smallest absolute Gasteiger partial charge is 0.310 e. The minimum atomic E-state index is -0.481. The number of nitrogens with zero attached hydrogens (tertiary/aromatic N) is 2. The van der Waals surface area contributed by atoms with Crippen LogP contribution in [0.5, 0.6) is 0 Å². The zero-order chi connectivity index (χ0) is 18.4. The molecule has 8 heteroatoms. The minimum absolute atomic E-state index is 0.0111. The van der Waals surface area contributed by atoms with Crippen LogP contribution >= 0.6 is 11.3 Å². The second kappa shape index (κ2) is 8.21. The Labute approximate surface area is 153 Å². The number of hydrogen-bond acceptors (Lipinski definition) is 7. The van der Waals surface area contributed by atoms with Crippen LogP contribution in [0.2, 0.25) is 0 Å². The van der Waals surface area contributed by atoms with Crippen LogP contribution in [0, 0.1) is 10.1 Å². The number of carbonyl (C=O) groups excluding carboxylic acids is 1. The third-order valence-corrected chi connectivity index (χ3v) is 4.26. The summed E-state index contributed by atoms with van der Waals surface area (Å²) in [6, 6.07) is 15.5. The van der Waals surface area contributed by atoms with Crippen molar-refractivity contribution in [3.8, 4) is 0 Å². The van der Waals surface area contributed by atoms with Gasteiger partial charge in [-0.25, -0.2) is 4.98 Å². The van der Waals surface area contributed by atoms with Gasteiger partial charge in [-0.2, -0.15) is 0 Å². The molecule has 0 spiro atoms. The molecule has 1 aromatic heterocycles. The third kappa shape index (κ3) is 4.87. The van der Waals surface area contributed by atoms with Gasteiger partial charge in [0.1, 0.15) is 6.61 Å². The predicted octanol–water partition coefficient (Wildman–Crippen LogP) is 4.08. The maximum Gasteiger partial charge on any atom is 0.310 e. The molecule has 3 aromatic rings. The summed E-state index contributed by atoms with van der Waals surface area (Å²) < 4.78 is 5.22. The van der Waals surface area contributed by atoms with E-state index in [-0.39, 0.29) is 18.7 Å². The monoisotopic (exact) mass is 369 g/mol. The van der Waals surface area contributed by atoms with E-state index in [2.05, 4.69) is 10.3 Å². The minimum Gasteiger partial charge on any atom is -0.459 e. The number of non-ortho nitro benzene ring substituents is 1. The van der Waals surface area contributed by atoms with E-state index in [1.54, 1.807) is 12.1 Å². The van der Waals surface area contributed by atoms with Gasteiger partial charge in [0.2, 0.25) is 0 Å². The summed E-state index contributed by atoms with van der Waals surface area (Å²) in [7, 11) is 0. The number of nitro groups is 1. The number of aromatic nitrogens is 1. The highest BCUT2D eigenvalue weighted by molar-refractivity contribution is 7.13. The first-order valence-electron chi connectivity index (χ1n) is 7.75. The van der Waals surface area contributed by atoms with Crippen molar-refractivity contribution in [3.05, 3.63) is 81.3 Å². The molecule has 0 radical (unpaired) electrons. The first-order valence-corrected chi connectivity index (χ1v) is 8.63. The lowest BCUT2D eigenvalue weighted by Gasteiger charge is -2.03. The number of anilines is 2. The van der Waals surface area contributed by atoms with Crippen LogP contribution in [0.1, 0.15) is 11.3 Å². The summed E-state index contributed by atoms with van der Waals surface area (Å²) in [6.07, 6.45) is 0.0528. The number of nitrogens with one attached hydrogen (secondary N) is 1. The lowest BCUT2D eigenvalue weighted by molar-refractivity contribution is -0.384. The summed E-state index contributed by atoms with van der Waals surface area (Å²) in [4.78, 5) is 26.4. The second-order valence-corrected chi connectivity index (χ2v) is 6.25. The number of rotatable bonds is 7. The van der Waals surface area contributed by atoms with Crippen molar-refractivity contribution < 1.29 is 14.5 Å². The Morgan fingerprint density at radius 2 is 1.88 bits per heavy atom. The summed E-state index contributed by atoms with van der Waals surface area (Å²) in [5.41, 5.74) is 2.24. The lowest BCUT2D eigenvalue weighted by atomic mass is 10.1. The fourth-order valence-electron chi connectivity index (χ4n) is 2.18. The SMILES string of the molecule is O=C(Cc1ccc([N+](=O)[O-])cc1)OCc1csc(Nc2ccccc2)n1. The zero-order valence-electron chi connectivity index (χ0n) is 13.6. The summed E-state index contributed by atoms with van der Waals surface area (Å²) in [5, 5.41) is 16.3. The average molecular weight is 369 g/mol. The van der Waals surface area contributed by atoms with Gasteiger partial charge < -0.3 is 10.1 Å². The molecule has 0 saturated heterocycles. The van der Waals surface area contributed by atoms with Gasteiger partial charge in [-0.1, -0.05) is 30.3 Å². The number of benzene rings is 2. The van der Waals surface area contributed by atoms with Crippen LogP contribution in [0.25, 0.3) is 0 Å². The average Bonchev–Trinajstić information content (AvgIpc) is 3.09. The zero-order valence-corrected chi connectivity index (χ0v) is 14.4. The van der Waals surface area contributed by atoms with Crippen LogP contribution in [0.4, 0.5) is 16.5 Å². The Balaban J connectivity index is 1.49. The van der Waals surface area contributed by atoms with Crippen LogP contribution in [-0.2, 0) is 22.6 Å². The molecule has 0 aliphatic heterocycles. The fourth-order valence-corrected chi connectivity index (χ4v) is 2.90. The van der Waals surface area contributed by atoms with Crippen molar-refractivity contribution in [1.82, 2.24) is 4.98 Å². The van der Waals surface area contributed by atoms with Crippen molar-refractivity contribution >= 4 is 33.8 Å². The normalized spacial score (nSPS) is 10.3. The highest BCUT2D eigenvalue weighted by atomic mass is 32.1. The molecule has 3 rings (SSSR count). The first kappa shape index (κ1) is 17.6. The molecule has 132 valence electrons. The number of nitro benzene ring substituents is 1. The van der Waals surface area contributed by atoms with Gasteiger partial charge >= 0.3 is 5.97 Å². The molecule has 0 aliphatic rings. The molecule has 0 saturated carbocycles. The van der Waals surface area contributed by atoms with Crippen LogP contribution in [0.15, 0.2) is 60.0 Å². The Morgan fingerprint density at radius 1 is 1.15 bits per heavy atom. The summed E-state index contributed by atoms with van der Waals surface area (Å²) >= 11 is 1.43. The number of carbonyl (C=O) groups is 1. The van der Waals surface area contributed by atoms with Gasteiger partial charge in [-0.3, -0.25) is 14.9 Å². The highest BCUT2D eigenvalue weighted by Crippen LogP contribution is 2.21. The lowest BCUT2D eigenvalue weighted by Crippen LogP contribution is -2.08. The number of hydrogen-bond donors (Lipinski definition) is 1. The quantitative estimate of drug-likeness (QED) is 0.383. The summed E-state index contributed by atoms with van der Waals surface area (Å²) in [6.45, 7) is 0.0821. The Hall–Kier alpha value is -3.26. The largest absolute Gasteiger partial charge is 0.459 e. The molecule has 7 nitrogen and oxygen atoms in total. The molecule has 0 atom stereocenters. The van der Waals surface area contributed by atoms with Crippen molar-refractivity contribution in [2.45, 2.75) is 13.0 Å². The van der Waals surface area contributed by atoms with Gasteiger partial charge in [-0.05, 0) is 17.7 Å². The molecule has 26 heavy (non-hydrogen) atoms. The number of ether oxygens (including phenoxy) is 1. The van der Waals surface area contributed by atoms with Crippen molar-refractivity contribution in [2.75, 3.05) is 5.32 Å². The van der Waals surface area contributed by atoms with E-state index in [1.165, 1.54) is 23.5 Å². The van der Waals surface area contributed by atoms with Gasteiger partial charge in [0.25, 0.3) is 5.69 Å². The van der Waals surface area contributed by atoms with Gasteiger partial charge in [0, 0.05) is 23.2 Å². The maximum atomic E-state index is 11.9. The number of thiazole rings is 1. The molecule has 0 fully saturated rings. The molecule has 2 aromatic carbocycles. The van der Waals surface area contributed by atoms with E-state index in [0.717, 1.165) is 10.8 Å². The number of esters is 1. The van der Waals surface area contributed by atoms with Gasteiger partial charge in [-0.15, -0.1) is 11.3 Å². The van der Waals surface area contributed by atoms with E-state index >= 15 is 0 Å². The van der Waals surface area contributed by atoms with Crippen molar-refractivity contribution in [3.63, 3.8) is 0 Å². The second-order valence-electron chi connectivity index (χ2n) is 5.40. The Morgan fingerprint density at radius 3 is 2.58 bits per heavy atom. The summed E-state index contributed by atoms with van der Waals surface area (Å²) in [5.74, 6) is -0.413. The molecule has 1 heterocycles. The van der Waals surface area contributed by atoms with Gasteiger partial charge in [0.05, 0.1) is 17.0 Å². The Bertz CT molecular complexity index is 894. The number of para-hydroxylation sites is 1. The van der Waals surface area contributed by atoms with Crippen molar-refractivity contribution in [2.24, 2.45) is 0 Å². The predicted molar refractivity (Wildman–Crippen MR) is 98.4 cm³/mol. The molecule has 0 aliphatic carbocycles. The topological polar surface area (TPSA) is 94.4 Å². The third-order valence-electron chi connectivity index (χ3n) is 3.45. The van der Waals surface area contributed by atoms with E-state index in [1.807, 2.05) is 35.7 Å². The fraction of sp³-hybridized carbons (Fsp3) is 0.111. The molecule has 0 bridgehead atoms. The molecular weight excluding hydrogens is 354 g/mol. The van der Waals surface area contributed by atoms with Crippen LogP contribution in [-0.4, -0.2) is 15.9 Å². The highest BCUT2D eigenvalue weighted by Gasteiger charge is 2.10. The van der Waals surface area contributed by atoms with Crippen LogP contribution < -0.4 is 5.32 Å². The standard InChI is InChI=1S/C18H15N3O4S/c22-17(10-13-6-8-16(9-7-13)21(23)24)25-11-15-12-26-18(20-15)19-14-4-2-1-3-5-14/h1-9,12H,10-11H2,(H,19,20). The van der Waals surface area contributed by atoms with Gasteiger partial charge in [0.15, 0.2) is 5.13 Å².